The molecule has 104 valence electrons. The fraction of sp³-hybridized carbons (Fsp3) is 0.571. The Bertz CT molecular complexity index is 427. The van der Waals surface area contributed by atoms with Crippen LogP contribution in [0, 0.1) is 0 Å². The van der Waals surface area contributed by atoms with Crippen molar-refractivity contribution in [3.05, 3.63) is 24.2 Å². The summed E-state index contributed by atoms with van der Waals surface area (Å²) in [5.41, 5.74) is 0. The third-order valence-corrected chi connectivity index (χ3v) is 3.61. The van der Waals surface area contributed by atoms with Crippen molar-refractivity contribution in [1.29, 1.82) is 0 Å². The monoisotopic (exact) mass is 265 g/mol. The van der Waals surface area contributed by atoms with Crippen molar-refractivity contribution in [1.82, 2.24) is 4.90 Å². The number of aliphatic carboxylic acids is 1. The number of carboxylic acid groups (broad SMARTS) is 1. The van der Waals surface area contributed by atoms with Crippen LogP contribution >= 0.6 is 0 Å². The summed E-state index contributed by atoms with van der Waals surface area (Å²) >= 11 is 0. The number of ketones is 1. The van der Waals surface area contributed by atoms with E-state index in [1.54, 1.807) is 12.1 Å². The van der Waals surface area contributed by atoms with Gasteiger partial charge >= 0.3 is 5.97 Å². The highest BCUT2D eigenvalue weighted by atomic mass is 16.4. The Labute approximate surface area is 112 Å². The van der Waals surface area contributed by atoms with Crippen LogP contribution in [0.25, 0.3) is 0 Å². The van der Waals surface area contributed by atoms with Gasteiger partial charge < -0.3 is 9.52 Å². The molecule has 2 rings (SSSR count). The van der Waals surface area contributed by atoms with Gasteiger partial charge in [0.15, 0.2) is 11.5 Å². The molecule has 1 aliphatic heterocycles. The van der Waals surface area contributed by atoms with E-state index >= 15 is 0 Å². The first-order valence-electron chi connectivity index (χ1n) is 6.69. The van der Waals surface area contributed by atoms with Crippen molar-refractivity contribution in [3.8, 4) is 0 Å². The van der Waals surface area contributed by atoms with E-state index in [9.17, 15) is 9.59 Å². The number of hydrogen-bond donors (Lipinski definition) is 1. The van der Waals surface area contributed by atoms with Gasteiger partial charge in [0.2, 0.25) is 0 Å². The van der Waals surface area contributed by atoms with Gasteiger partial charge in [0.1, 0.15) is 0 Å². The molecule has 2 heterocycles. The SMILES string of the molecule is O=C(O)CCC1CCCN1CCC(=O)c1ccco1. The van der Waals surface area contributed by atoms with E-state index in [4.69, 9.17) is 9.52 Å². The van der Waals surface area contributed by atoms with Crippen LogP contribution in [0.15, 0.2) is 22.8 Å². The first-order chi connectivity index (χ1) is 9.16. The lowest BCUT2D eigenvalue weighted by molar-refractivity contribution is -0.137. The molecule has 0 aliphatic carbocycles. The summed E-state index contributed by atoms with van der Waals surface area (Å²) in [7, 11) is 0. The second-order valence-corrected chi connectivity index (χ2v) is 4.91. The van der Waals surface area contributed by atoms with Crippen LogP contribution in [0.4, 0.5) is 0 Å². The highest BCUT2D eigenvalue weighted by molar-refractivity contribution is 5.93. The van der Waals surface area contributed by atoms with Gasteiger partial charge in [-0.05, 0) is 37.9 Å². The van der Waals surface area contributed by atoms with Gasteiger partial charge in [-0.15, -0.1) is 0 Å². The van der Waals surface area contributed by atoms with E-state index in [1.807, 2.05) is 0 Å². The number of Topliss-reactive ketones (excluding diaryl/α,β-unsaturated/α-hetero) is 1. The van der Waals surface area contributed by atoms with E-state index in [2.05, 4.69) is 4.90 Å². The molecule has 0 aromatic carbocycles. The van der Waals surface area contributed by atoms with Crippen molar-refractivity contribution < 1.29 is 19.1 Å². The quantitative estimate of drug-likeness (QED) is 0.765. The van der Waals surface area contributed by atoms with Gasteiger partial charge in [0, 0.05) is 25.4 Å². The number of hydrogen-bond acceptors (Lipinski definition) is 4. The summed E-state index contributed by atoms with van der Waals surface area (Å²) in [5, 5.41) is 8.72. The summed E-state index contributed by atoms with van der Waals surface area (Å²) < 4.78 is 5.07. The first-order valence-corrected chi connectivity index (χ1v) is 6.69. The molecule has 0 amide bonds. The Morgan fingerprint density at radius 1 is 1.42 bits per heavy atom. The predicted molar refractivity (Wildman–Crippen MR) is 69.1 cm³/mol. The molecule has 1 N–H and O–H groups in total. The Hall–Kier alpha value is -1.62. The zero-order chi connectivity index (χ0) is 13.7. The molecular formula is C14H19NO4. The van der Waals surface area contributed by atoms with E-state index in [-0.39, 0.29) is 12.2 Å². The van der Waals surface area contributed by atoms with Crippen LogP contribution < -0.4 is 0 Å². The molecular weight excluding hydrogens is 246 g/mol. The van der Waals surface area contributed by atoms with Crippen molar-refractivity contribution in [2.75, 3.05) is 13.1 Å². The second-order valence-electron chi connectivity index (χ2n) is 4.91. The van der Waals surface area contributed by atoms with E-state index in [1.165, 1.54) is 6.26 Å². The molecule has 1 atom stereocenters. The van der Waals surface area contributed by atoms with Crippen LogP contribution in [0.3, 0.4) is 0 Å². The number of carboxylic acids is 1. The number of rotatable bonds is 7. The van der Waals surface area contributed by atoms with Gasteiger partial charge in [-0.1, -0.05) is 0 Å². The molecule has 0 bridgehead atoms. The third kappa shape index (κ3) is 3.92. The number of carbonyl (C=O) groups is 2. The summed E-state index contributed by atoms with van der Waals surface area (Å²) in [6.45, 7) is 1.64. The average molecular weight is 265 g/mol. The fourth-order valence-electron chi connectivity index (χ4n) is 2.61. The highest BCUT2D eigenvalue weighted by Gasteiger charge is 2.25. The second kappa shape index (κ2) is 6.52. The predicted octanol–water partition coefficient (Wildman–Crippen LogP) is 2.18. The Morgan fingerprint density at radius 3 is 2.95 bits per heavy atom. The third-order valence-electron chi connectivity index (χ3n) is 3.61. The van der Waals surface area contributed by atoms with Crippen LogP contribution in [0.1, 0.15) is 42.7 Å². The Kier molecular flexibility index (Phi) is 4.74. The van der Waals surface area contributed by atoms with E-state index in [0.717, 1.165) is 19.4 Å². The molecule has 1 saturated heterocycles. The van der Waals surface area contributed by atoms with Crippen LogP contribution in [-0.4, -0.2) is 40.9 Å². The largest absolute Gasteiger partial charge is 0.481 e. The number of likely N-dealkylation sites (tertiary alicyclic amines) is 1. The maximum absolute atomic E-state index is 11.8. The van der Waals surface area contributed by atoms with Gasteiger partial charge in [-0.2, -0.15) is 0 Å². The molecule has 0 saturated carbocycles. The van der Waals surface area contributed by atoms with Crippen LogP contribution in [0.5, 0.6) is 0 Å². The molecule has 5 nitrogen and oxygen atoms in total. The molecule has 1 unspecified atom stereocenters. The molecule has 1 aromatic rings. The number of carbonyl (C=O) groups excluding carboxylic acids is 1. The van der Waals surface area contributed by atoms with Crippen molar-refractivity contribution in [2.45, 2.75) is 38.1 Å². The first kappa shape index (κ1) is 13.8. The maximum atomic E-state index is 11.8. The van der Waals surface area contributed by atoms with Crippen LogP contribution in [-0.2, 0) is 4.79 Å². The molecule has 1 aliphatic rings. The standard InChI is InChI=1S/C14H19NO4/c16-12(13-4-2-10-19-13)7-9-15-8-1-3-11(15)5-6-14(17)18/h2,4,10-11H,1,3,5-9H2,(H,17,18). The number of furan rings is 1. The summed E-state index contributed by atoms with van der Waals surface area (Å²) in [5.74, 6) is -0.339. The van der Waals surface area contributed by atoms with E-state index in [0.29, 0.717) is 31.2 Å². The molecule has 0 radical (unpaired) electrons. The van der Waals surface area contributed by atoms with Gasteiger partial charge in [-0.3, -0.25) is 14.5 Å². The minimum Gasteiger partial charge on any atom is -0.481 e. The minimum atomic E-state index is -0.751. The topological polar surface area (TPSA) is 70.8 Å². The Balaban J connectivity index is 1.78. The smallest absolute Gasteiger partial charge is 0.303 e. The van der Waals surface area contributed by atoms with Crippen molar-refractivity contribution in [3.63, 3.8) is 0 Å². The lowest BCUT2D eigenvalue weighted by atomic mass is 10.1. The lowest BCUT2D eigenvalue weighted by Gasteiger charge is -2.23. The number of nitrogens with zero attached hydrogens (tertiary/aromatic N) is 1. The molecule has 5 heteroatoms. The normalized spacial score (nSPS) is 19.7. The molecule has 1 fully saturated rings. The maximum Gasteiger partial charge on any atom is 0.303 e. The summed E-state index contributed by atoms with van der Waals surface area (Å²) in [6.07, 6.45) is 4.91. The van der Waals surface area contributed by atoms with Gasteiger partial charge in [0.25, 0.3) is 0 Å². The lowest BCUT2D eigenvalue weighted by Crippen LogP contribution is -2.31. The highest BCUT2D eigenvalue weighted by Crippen LogP contribution is 2.21. The van der Waals surface area contributed by atoms with Gasteiger partial charge in [0.05, 0.1) is 6.26 Å². The summed E-state index contributed by atoms with van der Waals surface area (Å²) in [4.78, 5) is 24.6. The zero-order valence-electron chi connectivity index (χ0n) is 10.9. The molecule has 1 aromatic heterocycles. The molecule has 19 heavy (non-hydrogen) atoms. The van der Waals surface area contributed by atoms with Gasteiger partial charge in [-0.25, -0.2) is 0 Å². The minimum absolute atomic E-state index is 0.00823. The average Bonchev–Trinajstić information content (AvgIpc) is 3.04. The Morgan fingerprint density at radius 2 is 2.26 bits per heavy atom. The van der Waals surface area contributed by atoms with Crippen molar-refractivity contribution >= 4 is 11.8 Å². The zero-order valence-corrected chi connectivity index (χ0v) is 10.9. The van der Waals surface area contributed by atoms with E-state index < -0.39 is 5.97 Å². The van der Waals surface area contributed by atoms with Crippen molar-refractivity contribution in [2.24, 2.45) is 0 Å². The fourth-order valence-corrected chi connectivity index (χ4v) is 2.61. The van der Waals surface area contributed by atoms with Crippen LogP contribution in [0.2, 0.25) is 0 Å². The molecule has 0 spiro atoms. The summed E-state index contributed by atoms with van der Waals surface area (Å²) in [6, 6.07) is 3.69.